The van der Waals surface area contributed by atoms with Crippen LogP contribution in [0, 0.1) is 19.8 Å². The molecule has 0 bridgehead atoms. The summed E-state index contributed by atoms with van der Waals surface area (Å²) in [6, 6.07) is 5.59. The molecule has 0 atom stereocenters. The molecule has 1 aliphatic rings. The van der Waals surface area contributed by atoms with Crippen LogP contribution in [0.3, 0.4) is 0 Å². The van der Waals surface area contributed by atoms with Crippen LogP contribution < -0.4 is 0 Å². The van der Waals surface area contributed by atoms with E-state index in [0.29, 0.717) is 22.8 Å². The van der Waals surface area contributed by atoms with E-state index in [4.69, 9.17) is 0 Å². The zero-order valence-electron chi connectivity index (χ0n) is 17.6. The van der Waals surface area contributed by atoms with Crippen LogP contribution in [0.2, 0.25) is 0 Å². The van der Waals surface area contributed by atoms with Crippen molar-refractivity contribution in [3.63, 3.8) is 0 Å². The molecule has 1 aliphatic heterocycles. The summed E-state index contributed by atoms with van der Waals surface area (Å²) >= 11 is 1.44. The summed E-state index contributed by atoms with van der Waals surface area (Å²) in [6.07, 6.45) is -1.72. The van der Waals surface area contributed by atoms with E-state index in [1.165, 1.54) is 23.5 Å². The standard InChI is InChI=1S/C22H28F3N3OS/c1-15-20(30-16(2)26-15)21(29)27(3)14-18-8-11-28(12-9-18)10-7-17-5-4-6-19(13-17)22(23,24)25/h4-6,13,18H,7-12,14H2,1-3H3. The Hall–Kier alpha value is -1.93. The number of likely N-dealkylation sites (tertiary alicyclic amines) is 1. The Bertz CT molecular complexity index is 873. The Kier molecular flexibility index (Phi) is 7.18. The summed E-state index contributed by atoms with van der Waals surface area (Å²) in [5.41, 5.74) is 0.920. The molecule has 1 fully saturated rings. The minimum Gasteiger partial charge on any atom is -0.341 e. The van der Waals surface area contributed by atoms with E-state index in [2.05, 4.69) is 9.88 Å². The molecule has 0 N–H and O–H groups in total. The number of nitrogens with zero attached hydrogens (tertiary/aromatic N) is 3. The quantitative estimate of drug-likeness (QED) is 0.648. The number of thiazole rings is 1. The van der Waals surface area contributed by atoms with Crippen LogP contribution in [0.1, 0.15) is 44.3 Å². The Morgan fingerprint density at radius 2 is 1.97 bits per heavy atom. The number of hydrogen-bond acceptors (Lipinski definition) is 4. The molecule has 1 amide bonds. The number of piperidine rings is 1. The average Bonchev–Trinajstić information content (AvgIpc) is 3.04. The Morgan fingerprint density at radius 3 is 2.57 bits per heavy atom. The van der Waals surface area contributed by atoms with E-state index in [1.54, 1.807) is 11.0 Å². The Morgan fingerprint density at radius 1 is 1.27 bits per heavy atom. The van der Waals surface area contributed by atoms with Gasteiger partial charge in [0.05, 0.1) is 16.3 Å². The van der Waals surface area contributed by atoms with E-state index in [9.17, 15) is 18.0 Å². The fourth-order valence-electron chi connectivity index (χ4n) is 3.96. The third-order valence-corrected chi connectivity index (χ3v) is 6.72. The minimum absolute atomic E-state index is 0.0325. The van der Waals surface area contributed by atoms with Gasteiger partial charge in [0, 0.05) is 20.1 Å². The second kappa shape index (κ2) is 9.47. The van der Waals surface area contributed by atoms with Gasteiger partial charge in [0.15, 0.2) is 0 Å². The molecule has 0 saturated carbocycles. The summed E-state index contributed by atoms with van der Waals surface area (Å²) in [5, 5.41) is 0.901. The van der Waals surface area contributed by atoms with Crippen molar-refractivity contribution in [3.8, 4) is 0 Å². The number of benzene rings is 1. The van der Waals surface area contributed by atoms with Crippen LogP contribution in [-0.4, -0.2) is 53.9 Å². The zero-order valence-corrected chi connectivity index (χ0v) is 18.4. The van der Waals surface area contributed by atoms with Gasteiger partial charge in [-0.25, -0.2) is 4.98 Å². The molecule has 1 aromatic carbocycles. The molecule has 3 rings (SSSR count). The number of amides is 1. The second-order valence-electron chi connectivity index (χ2n) is 8.07. The molecule has 0 aliphatic carbocycles. The van der Waals surface area contributed by atoms with Gasteiger partial charge in [-0.3, -0.25) is 4.79 Å². The highest BCUT2D eigenvalue weighted by molar-refractivity contribution is 7.13. The van der Waals surface area contributed by atoms with Crippen molar-refractivity contribution in [2.24, 2.45) is 5.92 Å². The number of carbonyl (C=O) groups is 1. The van der Waals surface area contributed by atoms with E-state index in [0.717, 1.165) is 55.8 Å². The van der Waals surface area contributed by atoms with Gasteiger partial charge in [-0.05, 0) is 63.7 Å². The molecule has 8 heteroatoms. The van der Waals surface area contributed by atoms with Crippen LogP contribution in [0.4, 0.5) is 13.2 Å². The lowest BCUT2D eigenvalue weighted by Crippen LogP contribution is -2.40. The van der Waals surface area contributed by atoms with Gasteiger partial charge in [0.2, 0.25) is 0 Å². The highest BCUT2D eigenvalue weighted by Crippen LogP contribution is 2.30. The summed E-state index contributed by atoms with van der Waals surface area (Å²) < 4.78 is 38.6. The van der Waals surface area contributed by atoms with Gasteiger partial charge in [-0.15, -0.1) is 11.3 Å². The first-order valence-electron chi connectivity index (χ1n) is 10.2. The maximum Gasteiger partial charge on any atom is 0.416 e. The SMILES string of the molecule is Cc1nc(C)c(C(=O)N(C)CC2CCN(CCc3cccc(C(F)(F)F)c3)CC2)s1. The van der Waals surface area contributed by atoms with Gasteiger partial charge in [-0.2, -0.15) is 13.2 Å². The Labute approximate surface area is 179 Å². The van der Waals surface area contributed by atoms with Crippen LogP contribution in [0.25, 0.3) is 0 Å². The molecular formula is C22H28F3N3OS. The fraction of sp³-hybridized carbons (Fsp3) is 0.545. The lowest BCUT2D eigenvalue weighted by atomic mass is 9.95. The third-order valence-electron chi connectivity index (χ3n) is 5.65. The fourth-order valence-corrected chi connectivity index (χ4v) is 4.87. The zero-order chi connectivity index (χ0) is 21.9. The van der Waals surface area contributed by atoms with Crippen LogP contribution >= 0.6 is 11.3 Å². The van der Waals surface area contributed by atoms with E-state index >= 15 is 0 Å². The number of carbonyl (C=O) groups excluding carboxylic acids is 1. The first-order valence-corrected chi connectivity index (χ1v) is 11.0. The van der Waals surface area contributed by atoms with Gasteiger partial charge in [0.25, 0.3) is 5.91 Å². The highest BCUT2D eigenvalue weighted by Gasteiger charge is 2.30. The molecule has 1 saturated heterocycles. The van der Waals surface area contributed by atoms with Crippen LogP contribution in [0.15, 0.2) is 24.3 Å². The number of rotatable bonds is 6. The molecule has 30 heavy (non-hydrogen) atoms. The largest absolute Gasteiger partial charge is 0.416 e. The molecule has 4 nitrogen and oxygen atoms in total. The van der Waals surface area contributed by atoms with Gasteiger partial charge in [0.1, 0.15) is 4.88 Å². The molecule has 164 valence electrons. The van der Waals surface area contributed by atoms with E-state index < -0.39 is 11.7 Å². The van der Waals surface area contributed by atoms with Crippen LogP contribution in [0.5, 0.6) is 0 Å². The first-order chi connectivity index (χ1) is 14.1. The van der Waals surface area contributed by atoms with E-state index in [-0.39, 0.29) is 5.91 Å². The predicted octanol–water partition coefficient (Wildman–Crippen LogP) is 4.81. The predicted molar refractivity (Wildman–Crippen MR) is 113 cm³/mol. The lowest BCUT2D eigenvalue weighted by molar-refractivity contribution is -0.137. The van der Waals surface area contributed by atoms with E-state index in [1.807, 2.05) is 20.9 Å². The average molecular weight is 440 g/mol. The van der Waals surface area contributed by atoms with Gasteiger partial charge < -0.3 is 9.80 Å². The van der Waals surface area contributed by atoms with Crippen molar-refractivity contribution in [1.29, 1.82) is 0 Å². The van der Waals surface area contributed by atoms with Crippen molar-refractivity contribution in [2.45, 2.75) is 39.3 Å². The van der Waals surface area contributed by atoms with Crippen molar-refractivity contribution in [3.05, 3.63) is 51.0 Å². The monoisotopic (exact) mass is 439 g/mol. The van der Waals surface area contributed by atoms with Crippen molar-refractivity contribution in [1.82, 2.24) is 14.8 Å². The number of halogens is 3. The molecule has 2 aromatic rings. The van der Waals surface area contributed by atoms with Crippen LogP contribution in [-0.2, 0) is 12.6 Å². The smallest absolute Gasteiger partial charge is 0.341 e. The summed E-state index contributed by atoms with van der Waals surface area (Å²) in [6.45, 7) is 7.06. The van der Waals surface area contributed by atoms with Crippen molar-refractivity contribution in [2.75, 3.05) is 33.2 Å². The maximum absolute atomic E-state index is 12.9. The maximum atomic E-state index is 12.9. The normalized spacial score (nSPS) is 16.1. The molecule has 1 aromatic heterocycles. The Balaban J connectivity index is 1.45. The molecule has 0 unspecified atom stereocenters. The summed E-state index contributed by atoms with van der Waals surface area (Å²) in [7, 11) is 1.84. The number of alkyl halides is 3. The van der Waals surface area contributed by atoms with Crippen molar-refractivity contribution >= 4 is 17.2 Å². The molecule has 0 radical (unpaired) electrons. The number of aromatic nitrogens is 1. The molecule has 2 heterocycles. The summed E-state index contributed by atoms with van der Waals surface area (Å²) in [5.74, 6) is 0.475. The second-order valence-corrected chi connectivity index (χ2v) is 9.27. The number of hydrogen-bond donors (Lipinski definition) is 0. The highest BCUT2D eigenvalue weighted by atomic mass is 32.1. The minimum atomic E-state index is -4.30. The lowest BCUT2D eigenvalue weighted by Gasteiger charge is -2.33. The first kappa shape index (κ1) is 22.7. The summed E-state index contributed by atoms with van der Waals surface area (Å²) in [4.78, 5) is 21.8. The van der Waals surface area contributed by atoms with Gasteiger partial charge in [-0.1, -0.05) is 18.2 Å². The number of aryl methyl sites for hydroxylation is 2. The molecular weight excluding hydrogens is 411 g/mol. The third kappa shape index (κ3) is 5.82. The van der Waals surface area contributed by atoms with Crippen molar-refractivity contribution < 1.29 is 18.0 Å². The van der Waals surface area contributed by atoms with Gasteiger partial charge >= 0.3 is 6.18 Å². The molecule has 0 spiro atoms. The topological polar surface area (TPSA) is 36.4 Å².